The van der Waals surface area contributed by atoms with Crippen LogP contribution < -0.4 is 10.2 Å². The van der Waals surface area contributed by atoms with E-state index >= 15 is 0 Å². The molecular formula is C21H33N3O. The van der Waals surface area contributed by atoms with Gasteiger partial charge in [-0.2, -0.15) is 0 Å². The average molecular weight is 344 g/mol. The van der Waals surface area contributed by atoms with Gasteiger partial charge in [-0.3, -0.25) is 4.79 Å². The fourth-order valence-electron chi connectivity index (χ4n) is 4.19. The molecule has 3 atom stereocenters. The molecule has 0 bridgehead atoms. The quantitative estimate of drug-likeness (QED) is 0.910. The molecule has 1 amide bonds. The van der Waals surface area contributed by atoms with Gasteiger partial charge in [0.05, 0.1) is 12.0 Å². The van der Waals surface area contributed by atoms with Crippen LogP contribution in [0.3, 0.4) is 0 Å². The van der Waals surface area contributed by atoms with Gasteiger partial charge in [0.2, 0.25) is 5.91 Å². The number of piperidine rings is 2. The maximum absolute atomic E-state index is 12.5. The molecule has 0 aliphatic carbocycles. The molecule has 138 valence electrons. The molecule has 25 heavy (non-hydrogen) atoms. The molecule has 0 spiro atoms. The van der Waals surface area contributed by atoms with Crippen molar-refractivity contribution in [2.45, 2.75) is 45.6 Å². The highest BCUT2D eigenvalue weighted by atomic mass is 16.2. The molecule has 2 heterocycles. The van der Waals surface area contributed by atoms with E-state index in [0.29, 0.717) is 0 Å². The van der Waals surface area contributed by atoms with E-state index in [-0.39, 0.29) is 17.9 Å². The number of amides is 1. The molecule has 1 N–H and O–H groups in total. The minimum Gasteiger partial charge on any atom is -0.371 e. The lowest BCUT2D eigenvalue weighted by atomic mass is 9.96. The first-order valence-electron chi connectivity index (χ1n) is 9.86. The molecule has 0 unspecified atom stereocenters. The van der Waals surface area contributed by atoms with Gasteiger partial charge in [0.25, 0.3) is 0 Å². The molecule has 2 aliphatic rings. The van der Waals surface area contributed by atoms with E-state index in [1.54, 1.807) is 0 Å². The number of hydrogen-bond donors (Lipinski definition) is 1. The van der Waals surface area contributed by atoms with Crippen LogP contribution >= 0.6 is 0 Å². The third-order valence-electron chi connectivity index (χ3n) is 5.77. The van der Waals surface area contributed by atoms with Crippen molar-refractivity contribution in [3.63, 3.8) is 0 Å². The maximum Gasteiger partial charge on any atom is 0.224 e. The first-order chi connectivity index (χ1) is 12.0. The number of carbonyl (C=O) groups excluding carboxylic acids is 1. The molecule has 2 aliphatic heterocycles. The van der Waals surface area contributed by atoms with Crippen LogP contribution in [0.15, 0.2) is 24.3 Å². The molecule has 0 saturated carbocycles. The summed E-state index contributed by atoms with van der Waals surface area (Å²) in [5, 5.41) is 3.21. The minimum absolute atomic E-state index is 0.0639. The van der Waals surface area contributed by atoms with Crippen LogP contribution in [0, 0.1) is 11.8 Å². The lowest BCUT2D eigenvalue weighted by Gasteiger charge is -2.33. The van der Waals surface area contributed by atoms with E-state index < -0.39 is 0 Å². The van der Waals surface area contributed by atoms with Crippen LogP contribution in [0.5, 0.6) is 0 Å². The Morgan fingerprint density at radius 2 is 1.84 bits per heavy atom. The second-order valence-corrected chi connectivity index (χ2v) is 8.12. The standard InChI is InChI=1S/C21H33N3O/c1-16-6-4-13-24(14-16)20-10-8-18(9-11-20)17(2)22-21(25)19-7-5-12-23(3)15-19/h8-11,16-17,19H,4-7,12-15H2,1-3H3,(H,22,25)/t16-,17-,19+/m1/s1. The molecule has 1 aromatic carbocycles. The van der Waals surface area contributed by atoms with Crippen LogP contribution in [0.25, 0.3) is 0 Å². The van der Waals surface area contributed by atoms with E-state index in [4.69, 9.17) is 0 Å². The molecule has 3 rings (SSSR count). The number of likely N-dealkylation sites (tertiary alicyclic amines) is 1. The Kier molecular flexibility index (Phi) is 6.00. The zero-order chi connectivity index (χ0) is 17.8. The predicted molar refractivity (Wildman–Crippen MR) is 104 cm³/mol. The van der Waals surface area contributed by atoms with Crippen LogP contribution in [0.1, 0.15) is 51.1 Å². The van der Waals surface area contributed by atoms with E-state index in [0.717, 1.165) is 44.9 Å². The van der Waals surface area contributed by atoms with E-state index in [1.807, 2.05) is 0 Å². The predicted octanol–water partition coefficient (Wildman–Crippen LogP) is 3.44. The summed E-state index contributed by atoms with van der Waals surface area (Å²) in [5.74, 6) is 1.11. The smallest absolute Gasteiger partial charge is 0.224 e. The van der Waals surface area contributed by atoms with Crippen molar-refractivity contribution in [2.75, 3.05) is 38.1 Å². The van der Waals surface area contributed by atoms with Gasteiger partial charge in [-0.15, -0.1) is 0 Å². The molecule has 4 nitrogen and oxygen atoms in total. The summed E-state index contributed by atoms with van der Waals surface area (Å²) in [6, 6.07) is 8.84. The van der Waals surface area contributed by atoms with Crippen LogP contribution in [0.4, 0.5) is 5.69 Å². The summed E-state index contributed by atoms with van der Waals surface area (Å²) in [6.45, 7) is 8.72. The van der Waals surface area contributed by atoms with E-state index in [9.17, 15) is 4.79 Å². The van der Waals surface area contributed by atoms with Crippen LogP contribution in [-0.2, 0) is 4.79 Å². The van der Waals surface area contributed by atoms with E-state index in [2.05, 4.69) is 60.3 Å². The van der Waals surface area contributed by atoms with E-state index in [1.165, 1.54) is 24.1 Å². The number of carbonyl (C=O) groups is 1. The maximum atomic E-state index is 12.5. The zero-order valence-corrected chi connectivity index (χ0v) is 16.0. The molecule has 0 aromatic heterocycles. The highest BCUT2D eigenvalue weighted by molar-refractivity contribution is 5.79. The normalized spacial score (nSPS) is 26.3. The van der Waals surface area contributed by atoms with Crippen molar-refractivity contribution in [3.8, 4) is 0 Å². The monoisotopic (exact) mass is 343 g/mol. The highest BCUT2D eigenvalue weighted by Gasteiger charge is 2.25. The summed E-state index contributed by atoms with van der Waals surface area (Å²) in [6.07, 6.45) is 4.75. The SMILES string of the molecule is C[C@@H]1CCCN(c2ccc([C@@H](C)NC(=O)[C@H]3CCCN(C)C3)cc2)C1. The van der Waals surface area contributed by atoms with Crippen LogP contribution in [-0.4, -0.2) is 44.0 Å². The Hall–Kier alpha value is -1.55. The lowest BCUT2D eigenvalue weighted by Crippen LogP contribution is -2.42. The lowest BCUT2D eigenvalue weighted by molar-refractivity contribution is -0.127. The Bertz CT molecular complexity index is 571. The summed E-state index contributed by atoms with van der Waals surface area (Å²) >= 11 is 0. The molecule has 2 saturated heterocycles. The number of nitrogens with one attached hydrogen (secondary N) is 1. The van der Waals surface area contributed by atoms with Gasteiger partial charge in [0, 0.05) is 25.3 Å². The Morgan fingerprint density at radius 1 is 1.12 bits per heavy atom. The topological polar surface area (TPSA) is 35.6 Å². The van der Waals surface area contributed by atoms with Gasteiger partial charge in [0.15, 0.2) is 0 Å². The number of hydrogen-bond acceptors (Lipinski definition) is 3. The number of rotatable bonds is 4. The number of benzene rings is 1. The summed E-state index contributed by atoms with van der Waals surface area (Å²) < 4.78 is 0. The largest absolute Gasteiger partial charge is 0.371 e. The molecule has 1 aromatic rings. The third kappa shape index (κ3) is 4.75. The van der Waals surface area contributed by atoms with Crippen molar-refractivity contribution in [2.24, 2.45) is 11.8 Å². The minimum atomic E-state index is 0.0639. The Labute approximate surface area is 152 Å². The number of nitrogens with zero attached hydrogens (tertiary/aromatic N) is 2. The van der Waals surface area contributed by atoms with Crippen molar-refractivity contribution in [1.29, 1.82) is 0 Å². The van der Waals surface area contributed by atoms with Crippen molar-refractivity contribution in [3.05, 3.63) is 29.8 Å². The molecule has 2 fully saturated rings. The Balaban J connectivity index is 1.57. The fraction of sp³-hybridized carbons (Fsp3) is 0.667. The second-order valence-electron chi connectivity index (χ2n) is 8.12. The summed E-state index contributed by atoms with van der Waals surface area (Å²) in [5.41, 5.74) is 2.49. The first-order valence-corrected chi connectivity index (χ1v) is 9.86. The summed E-state index contributed by atoms with van der Waals surface area (Å²) in [7, 11) is 2.10. The second kappa shape index (κ2) is 8.22. The van der Waals surface area contributed by atoms with Gasteiger partial charge in [-0.1, -0.05) is 19.1 Å². The molecular weight excluding hydrogens is 310 g/mol. The third-order valence-corrected chi connectivity index (χ3v) is 5.77. The summed E-state index contributed by atoms with van der Waals surface area (Å²) in [4.78, 5) is 17.3. The number of anilines is 1. The van der Waals surface area contributed by atoms with Crippen LogP contribution in [0.2, 0.25) is 0 Å². The average Bonchev–Trinajstić information content (AvgIpc) is 2.62. The van der Waals surface area contributed by atoms with Gasteiger partial charge < -0.3 is 15.1 Å². The highest BCUT2D eigenvalue weighted by Crippen LogP contribution is 2.25. The van der Waals surface area contributed by atoms with Gasteiger partial charge >= 0.3 is 0 Å². The van der Waals surface area contributed by atoms with Crippen molar-refractivity contribution in [1.82, 2.24) is 10.2 Å². The van der Waals surface area contributed by atoms with Gasteiger partial charge in [-0.25, -0.2) is 0 Å². The first kappa shape index (κ1) is 18.2. The van der Waals surface area contributed by atoms with Crippen molar-refractivity contribution < 1.29 is 4.79 Å². The zero-order valence-electron chi connectivity index (χ0n) is 16.0. The van der Waals surface area contributed by atoms with Gasteiger partial charge in [-0.05, 0) is 69.8 Å². The fourth-order valence-corrected chi connectivity index (χ4v) is 4.19. The Morgan fingerprint density at radius 3 is 2.52 bits per heavy atom. The van der Waals surface area contributed by atoms with Crippen molar-refractivity contribution >= 4 is 11.6 Å². The molecule has 0 radical (unpaired) electrons. The molecule has 4 heteroatoms. The van der Waals surface area contributed by atoms with Gasteiger partial charge in [0.1, 0.15) is 0 Å².